The Morgan fingerprint density at radius 2 is 1.95 bits per heavy atom. The fourth-order valence-electron chi connectivity index (χ4n) is 2.86. The number of hydrogen-bond donors (Lipinski definition) is 2. The first-order chi connectivity index (χ1) is 9.22. The van der Waals surface area contributed by atoms with E-state index < -0.39 is 0 Å². The molecule has 1 heterocycles. The second kappa shape index (κ2) is 4.74. The molecule has 0 radical (unpaired) electrons. The van der Waals surface area contributed by atoms with Gasteiger partial charge in [0, 0.05) is 24.1 Å². The standard InChI is InChI=1S/C14H19N3O2/c1-18-12-6-10-11(7-13(12)19-2)17-14(16-10)8-4-3-5-9(8)15/h6-9H,3-5,15H2,1-2H3,(H,16,17). The molecule has 1 aromatic heterocycles. The smallest absolute Gasteiger partial charge is 0.163 e. The molecule has 0 amide bonds. The summed E-state index contributed by atoms with van der Waals surface area (Å²) in [5.74, 6) is 2.73. The summed E-state index contributed by atoms with van der Waals surface area (Å²) in [5, 5.41) is 0. The monoisotopic (exact) mass is 261 g/mol. The number of methoxy groups -OCH3 is 2. The van der Waals surface area contributed by atoms with E-state index in [0.29, 0.717) is 17.4 Å². The number of ether oxygens (including phenoxy) is 2. The van der Waals surface area contributed by atoms with Crippen LogP contribution in [0.2, 0.25) is 0 Å². The van der Waals surface area contributed by atoms with Crippen LogP contribution in [-0.2, 0) is 0 Å². The minimum Gasteiger partial charge on any atom is -0.493 e. The lowest BCUT2D eigenvalue weighted by atomic mass is 10.0. The van der Waals surface area contributed by atoms with Crippen molar-refractivity contribution in [3.8, 4) is 11.5 Å². The molecular formula is C14H19N3O2. The molecule has 102 valence electrons. The fraction of sp³-hybridized carbons (Fsp3) is 0.500. The summed E-state index contributed by atoms with van der Waals surface area (Å²) in [6, 6.07) is 4.03. The number of H-pyrrole nitrogens is 1. The summed E-state index contributed by atoms with van der Waals surface area (Å²) in [4.78, 5) is 8.03. The number of nitrogens with two attached hydrogens (primary N) is 1. The van der Waals surface area contributed by atoms with Crippen molar-refractivity contribution in [2.24, 2.45) is 5.73 Å². The molecule has 1 aliphatic carbocycles. The van der Waals surface area contributed by atoms with Crippen molar-refractivity contribution < 1.29 is 9.47 Å². The average Bonchev–Trinajstić information content (AvgIpc) is 3.01. The SMILES string of the molecule is COc1cc2nc(C3CCCC3N)[nH]c2cc1OC. The van der Waals surface area contributed by atoms with Gasteiger partial charge in [-0.1, -0.05) is 6.42 Å². The van der Waals surface area contributed by atoms with Gasteiger partial charge in [-0.15, -0.1) is 0 Å². The van der Waals surface area contributed by atoms with Crippen LogP contribution >= 0.6 is 0 Å². The van der Waals surface area contributed by atoms with Gasteiger partial charge in [-0.3, -0.25) is 0 Å². The maximum absolute atomic E-state index is 6.14. The van der Waals surface area contributed by atoms with Gasteiger partial charge in [-0.05, 0) is 12.8 Å². The summed E-state index contributed by atoms with van der Waals surface area (Å²) >= 11 is 0. The van der Waals surface area contributed by atoms with Gasteiger partial charge in [0.1, 0.15) is 5.82 Å². The zero-order valence-corrected chi connectivity index (χ0v) is 11.3. The van der Waals surface area contributed by atoms with Crippen molar-refractivity contribution >= 4 is 11.0 Å². The van der Waals surface area contributed by atoms with Crippen LogP contribution in [0.25, 0.3) is 11.0 Å². The van der Waals surface area contributed by atoms with E-state index in [0.717, 1.165) is 29.7 Å². The van der Waals surface area contributed by atoms with Crippen LogP contribution in [0.5, 0.6) is 11.5 Å². The number of rotatable bonds is 3. The number of nitrogens with zero attached hydrogens (tertiary/aromatic N) is 1. The average molecular weight is 261 g/mol. The third kappa shape index (κ3) is 2.04. The van der Waals surface area contributed by atoms with E-state index in [-0.39, 0.29) is 6.04 Å². The van der Waals surface area contributed by atoms with Crippen LogP contribution in [0.1, 0.15) is 31.0 Å². The van der Waals surface area contributed by atoms with E-state index in [4.69, 9.17) is 15.2 Å². The van der Waals surface area contributed by atoms with E-state index in [9.17, 15) is 0 Å². The van der Waals surface area contributed by atoms with E-state index in [2.05, 4.69) is 9.97 Å². The topological polar surface area (TPSA) is 73.2 Å². The Labute approximate surface area is 112 Å². The van der Waals surface area contributed by atoms with Crippen LogP contribution in [0.3, 0.4) is 0 Å². The minimum absolute atomic E-state index is 0.212. The van der Waals surface area contributed by atoms with Gasteiger partial charge in [-0.2, -0.15) is 0 Å². The van der Waals surface area contributed by atoms with Crippen molar-refractivity contribution in [2.75, 3.05) is 14.2 Å². The Hall–Kier alpha value is -1.75. The highest BCUT2D eigenvalue weighted by molar-refractivity contribution is 5.80. The highest BCUT2D eigenvalue weighted by atomic mass is 16.5. The molecule has 3 N–H and O–H groups in total. The largest absolute Gasteiger partial charge is 0.493 e. The van der Waals surface area contributed by atoms with Crippen LogP contribution in [0, 0.1) is 0 Å². The molecule has 1 aromatic carbocycles. The summed E-state index contributed by atoms with van der Waals surface area (Å²) < 4.78 is 10.6. The van der Waals surface area contributed by atoms with Gasteiger partial charge in [0.2, 0.25) is 0 Å². The van der Waals surface area contributed by atoms with E-state index in [1.807, 2.05) is 12.1 Å². The van der Waals surface area contributed by atoms with Crippen LogP contribution in [-0.4, -0.2) is 30.2 Å². The number of benzene rings is 1. The van der Waals surface area contributed by atoms with E-state index in [1.165, 1.54) is 6.42 Å². The maximum atomic E-state index is 6.14. The molecule has 0 saturated heterocycles. The lowest BCUT2D eigenvalue weighted by Gasteiger charge is -2.11. The zero-order chi connectivity index (χ0) is 13.4. The number of nitrogens with one attached hydrogen (secondary N) is 1. The number of imidazole rings is 1. The molecule has 5 heteroatoms. The van der Waals surface area contributed by atoms with Gasteiger partial charge in [0.05, 0.1) is 25.3 Å². The molecule has 1 aliphatic rings. The second-order valence-corrected chi connectivity index (χ2v) is 5.05. The summed E-state index contributed by atoms with van der Waals surface area (Å²) in [7, 11) is 3.26. The summed E-state index contributed by atoms with van der Waals surface area (Å²) in [6.07, 6.45) is 3.36. The van der Waals surface area contributed by atoms with Gasteiger partial charge in [-0.25, -0.2) is 4.98 Å². The normalized spacial score (nSPS) is 22.9. The predicted molar refractivity (Wildman–Crippen MR) is 73.8 cm³/mol. The molecule has 0 spiro atoms. The number of aromatic nitrogens is 2. The molecule has 1 saturated carbocycles. The molecule has 2 atom stereocenters. The van der Waals surface area contributed by atoms with Crippen LogP contribution < -0.4 is 15.2 Å². The highest BCUT2D eigenvalue weighted by Crippen LogP contribution is 2.35. The lowest BCUT2D eigenvalue weighted by Crippen LogP contribution is -2.23. The molecule has 0 aliphatic heterocycles. The Morgan fingerprint density at radius 3 is 2.58 bits per heavy atom. The third-order valence-corrected chi connectivity index (χ3v) is 3.93. The van der Waals surface area contributed by atoms with Crippen molar-refractivity contribution in [1.82, 2.24) is 9.97 Å². The van der Waals surface area contributed by atoms with Gasteiger partial charge < -0.3 is 20.2 Å². The molecule has 2 unspecified atom stereocenters. The molecule has 5 nitrogen and oxygen atoms in total. The van der Waals surface area contributed by atoms with Gasteiger partial charge in [0.25, 0.3) is 0 Å². The summed E-state index contributed by atoms with van der Waals surface area (Å²) in [5.41, 5.74) is 8.00. The molecule has 19 heavy (non-hydrogen) atoms. The Kier molecular flexibility index (Phi) is 3.06. The van der Waals surface area contributed by atoms with Crippen molar-refractivity contribution in [3.63, 3.8) is 0 Å². The fourth-order valence-corrected chi connectivity index (χ4v) is 2.86. The Morgan fingerprint density at radius 1 is 1.21 bits per heavy atom. The molecule has 2 aromatic rings. The zero-order valence-electron chi connectivity index (χ0n) is 11.3. The lowest BCUT2D eigenvalue weighted by molar-refractivity contribution is 0.356. The van der Waals surface area contributed by atoms with Gasteiger partial charge in [0.15, 0.2) is 11.5 Å². The maximum Gasteiger partial charge on any atom is 0.163 e. The summed E-state index contributed by atoms with van der Waals surface area (Å²) in [6.45, 7) is 0. The number of hydrogen-bond acceptors (Lipinski definition) is 4. The van der Waals surface area contributed by atoms with Crippen LogP contribution in [0.15, 0.2) is 12.1 Å². The highest BCUT2D eigenvalue weighted by Gasteiger charge is 2.28. The third-order valence-electron chi connectivity index (χ3n) is 3.93. The molecular weight excluding hydrogens is 242 g/mol. The Bertz CT molecular complexity index is 553. The predicted octanol–water partition coefficient (Wildman–Crippen LogP) is 2.17. The molecule has 3 rings (SSSR count). The van der Waals surface area contributed by atoms with Crippen LogP contribution in [0.4, 0.5) is 0 Å². The first-order valence-corrected chi connectivity index (χ1v) is 6.60. The molecule has 1 fully saturated rings. The number of aromatic amines is 1. The second-order valence-electron chi connectivity index (χ2n) is 5.05. The van der Waals surface area contributed by atoms with Gasteiger partial charge >= 0.3 is 0 Å². The van der Waals surface area contributed by atoms with Crippen molar-refractivity contribution in [1.29, 1.82) is 0 Å². The minimum atomic E-state index is 0.212. The van der Waals surface area contributed by atoms with Crippen molar-refractivity contribution in [2.45, 2.75) is 31.2 Å². The first kappa shape index (κ1) is 12.3. The number of fused-ring (bicyclic) bond motifs is 1. The quantitative estimate of drug-likeness (QED) is 0.888. The Balaban J connectivity index is 2.05. The molecule has 0 bridgehead atoms. The first-order valence-electron chi connectivity index (χ1n) is 6.60. The van der Waals surface area contributed by atoms with E-state index in [1.54, 1.807) is 14.2 Å². The van der Waals surface area contributed by atoms with Crippen molar-refractivity contribution in [3.05, 3.63) is 18.0 Å². The van der Waals surface area contributed by atoms with E-state index >= 15 is 0 Å².